The minimum atomic E-state index is -0.590. The van der Waals surface area contributed by atoms with Gasteiger partial charge < -0.3 is 15.2 Å². The first-order chi connectivity index (χ1) is 13.3. The number of ether oxygens (including phenoxy) is 1. The molecule has 0 saturated carbocycles. The molecule has 0 spiro atoms. The van der Waals surface area contributed by atoms with E-state index in [1.807, 2.05) is 55.5 Å². The van der Waals surface area contributed by atoms with Crippen LogP contribution in [0.25, 0.3) is 0 Å². The standard InChI is InChI=1S/C24H33NO3.ClH/c1-5-24(3,4)25-16-21(26)17-28-23-9-7-6-8-20(23)14-15-22(27)19-12-10-18(2)11-13-19;/h6-13,21,25-26H,5,14-17H2,1-4H3;1H. The van der Waals surface area contributed by atoms with Crippen molar-refractivity contribution in [3.63, 3.8) is 0 Å². The summed E-state index contributed by atoms with van der Waals surface area (Å²) < 4.78 is 5.85. The molecule has 1 atom stereocenters. The number of aliphatic hydroxyl groups excluding tert-OH is 1. The van der Waals surface area contributed by atoms with Crippen molar-refractivity contribution in [1.82, 2.24) is 5.32 Å². The highest BCUT2D eigenvalue weighted by molar-refractivity contribution is 5.96. The predicted octanol–water partition coefficient (Wildman–Crippen LogP) is 4.75. The van der Waals surface area contributed by atoms with E-state index >= 15 is 0 Å². The van der Waals surface area contributed by atoms with Gasteiger partial charge in [-0.25, -0.2) is 0 Å². The Morgan fingerprint density at radius 3 is 2.45 bits per heavy atom. The molecule has 0 bridgehead atoms. The molecule has 29 heavy (non-hydrogen) atoms. The van der Waals surface area contributed by atoms with Crippen LogP contribution in [0.4, 0.5) is 0 Å². The largest absolute Gasteiger partial charge is 0.491 e. The third-order valence-corrected chi connectivity index (χ3v) is 5.10. The number of ketones is 1. The average Bonchev–Trinajstić information content (AvgIpc) is 2.70. The summed E-state index contributed by atoms with van der Waals surface area (Å²) in [4.78, 5) is 12.4. The van der Waals surface area contributed by atoms with E-state index in [0.717, 1.165) is 28.9 Å². The Morgan fingerprint density at radius 1 is 1.14 bits per heavy atom. The molecule has 0 aliphatic heterocycles. The molecule has 0 aliphatic carbocycles. The Balaban J connectivity index is 0.00000420. The first-order valence-corrected chi connectivity index (χ1v) is 10.0. The van der Waals surface area contributed by atoms with Crippen LogP contribution in [-0.4, -0.2) is 35.7 Å². The van der Waals surface area contributed by atoms with E-state index in [9.17, 15) is 9.90 Å². The number of rotatable bonds is 11. The fourth-order valence-electron chi connectivity index (χ4n) is 2.75. The highest BCUT2D eigenvalue weighted by Gasteiger charge is 2.16. The van der Waals surface area contributed by atoms with E-state index in [0.29, 0.717) is 19.4 Å². The van der Waals surface area contributed by atoms with Crippen molar-refractivity contribution in [2.75, 3.05) is 13.2 Å². The third-order valence-electron chi connectivity index (χ3n) is 5.10. The smallest absolute Gasteiger partial charge is 0.163 e. The Kier molecular flexibility index (Phi) is 10.4. The lowest BCUT2D eigenvalue weighted by atomic mass is 10.0. The van der Waals surface area contributed by atoms with Crippen molar-refractivity contribution in [2.45, 2.75) is 58.6 Å². The lowest BCUT2D eigenvalue weighted by Crippen LogP contribution is -2.44. The maximum atomic E-state index is 12.4. The summed E-state index contributed by atoms with van der Waals surface area (Å²) in [5, 5.41) is 13.6. The lowest BCUT2D eigenvalue weighted by Gasteiger charge is -2.26. The number of benzene rings is 2. The molecule has 2 rings (SSSR count). The molecule has 0 fully saturated rings. The van der Waals surface area contributed by atoms with Crippen molar-refractivity contribution in [2.24, 2.45) is 0 Å². The molecular weight excluding hydrogens is 386 g/mol. The summed E-state index contributed by atoms with van der Waals surface area (Å²) in [5.74, 6) is 0.855. The van der Waals surface area contributed by atoms with Gasteiger partial charge in [-0.05, 0) is 45.2 Å². The molecule has 0 aromatic heterocycles. The van der Waals surface area contributed by atoms with E-state index in [1.54, 1.807) is 0 Å². The van der Waals surface area contributed by atoms with Gasteiger partial charge in [-0.1, -0.05) is 55.0 Å². The number of β-amino-alcohol motifs (C(OH)–C–C–N with tert-alkyl or cyclic N) is 1. The Morgan fingerprint density at radius 2 is 1.79 bits per heavy atom. The fourth-order valence-corrected chi connectivity index (χ4v) is 2.75. The maximum absolute atomic E-state index is 12.4. The predicted molar refractivity (Wildman–Crippen MR) is 121 cm³/mol. The summed E-state index contributed by atoms with van der Waals surface area (Å²) in [7, 11) is 0. The Bertz CT molecular complexity index is 759. The van der Waals surface area contributed by atoms with Crippen LogP contribution in [0, 0.1) is 6.92 Å². The van der Waals surface area contributed by atoms with Gasteiger partial charge in [0, 0.05) is 24.1 Å². The van der Waals surface area contributed by atoms with Gasteiger partial charge in [-0.3, -0.25) is 4.79 Å². The molecule has 0 radical (unpaired) electrons. The van der Waals surface area contributed by atoms with Crippen LogP contribution in [0.15, 0.2) is 48.5 Å². The zero-order valence-electron chi connectivity index (χ0n) is 17.9. The van der Waals surface area contributed by atoms with E-state index in [-0.39, 0.29) is 30.3 Å². The average molecular weight is 420 g/mol. The quantitative estimate of drug-likeness (QED) is 0.516. The second-order valence-electron chi connectivity index (χ2n) is 7.98. The third kappa shape index (κ3) is 8.57. The fraction of sp³-hybridized carbons (Fsp3) is 0.458. The monoisotopic (exact) mass is 419 g/mol. The summed E-state index contributed by atoms with van der Waals surface area (Å²) in [6, 6.07) is 15.4. The second kappa shape index (κ2) is 12.0. The molecule has 0 aliphatic rings. The van der Waals surface area contributed by atoms with Gasteiger partial charge in [0.2, 0.25) is 0 Å². The van der Waals surface area contributed by atoms with E-state index < -0.39 is 6.10 Å². The normalized spacial score (nSPS) is 12.2. The molecule has 1 unspecified atom stereocenters. The van der Waals surface area contributed by atoms with Gasteiger partial charge in [0.05, 0.1) is 0 Å². The van der Waals surface area contributed by atoms with Gasteiger partial charge in [0.25, 0.3) is 0 Å². The van der Waals surface area contributed by atoms with Crippen LogP contribution in [0.1, 0.15) is 55.1 Å². The maximum Gasteiger partial charge on any atom is 0.163 e. The second-order valence-corrected chi connectivity index (χ2v) is 7.98. The first-order valence-electron chi connectivity index (χ1n) is 10.0. The van der Waals surface area contributed by atoms with Crippen LogP contribution in [0.3, 0.4) is 0 Å². The van der Waals surface area contributed by atoms with E-state index in [4.69, 9.17) is 4.74 Å². The number of hydrogen-bond acceptors (Lipinski definition) is 4. The van der Waals surface area contributed by atoms with Crippen molar-refractivity contribution >= 4 is 18.2 Å². The van der Waals surface area contributed by atoms with Gasteiger partial charge in [-0.2, -0.15) is 0 Å². The van der Waals surface area contributed by atoms with Gasteiger partial charge in [0.15, 0.2) is 5.78 Å². The topological polar surface area (TPSA) is 58.6 Å². The molecule has 0 amide bonds. The lowest BCUT2D eigenvalue weighted by molar-refractivity contribution is 0.0966. The molecule has 4 nitrogen and oxygen atoms in total. The number of aryl methyl sites for hydroxylation is 2. The number of Topliss-reactive ketones (excluding diaryl/α,β-unsaturated/α-hetero) is 1. The Labute approximate surface area is 181 Å². The summed E-state index contributed by atoms with van der Waals surface area (Å²) >= 11 is 0. The van der Waals surface area contributed by atoms with Gasteiger partial charge >= 0.3 is 0 Å². The summed E-state index contributed by atoms with van der Waals surface area (Å²) in [5.41, 5.74) is 2.86. The van der Waals surface area contributed by atoms with Gasteiger partial charge in [-0.15, -0.1) is 12.4 Å². The minimum absolute atomic E-state index is 0. The van der Waals surface area contributed by atoms with Crippen LogP contribution in [-0.2, 0) is 6.42 Å². The molecule has 5 heteroatoms. The summed E-state index contributed by atoms with van der Waals surface area (Å²) in [6.45, 7) is 9.05. The van der Waals surface area contributed by atoms with Crippen LogP contribution in [0.2, 0.25) is 0 Å². The van der Waals surface area contributed by atoms with E-state index in [1.165, 1.54) is 0 Å². The van der Waals surface area contributed by atoms with Crippen molar-refractivity contribution in [3.8, 4) is 5.75 Å². The molecule has 2 aromatic rings. The zero-order chi connectivity index (χ0) is 20.6. The molecule has 2 N–H and O–H groups in total. The SMILES string of the molecule is CCC(C)(C)NCC(O)COc1ccccc1CCC(=O)c1ccc(C)cc1.Cl. The molecule has 160 valence electrons. The Hall–Kier alpha value is -1.88. The molecular formula is C24H34ClNO3. The molecule has 2 aromatic carbocycles. The van der Waals surface area contributed by atoms with Crippen LogP contribution in [0.5, 0.6) is 5.75 Å². The number of carbonyl (C=O) groups excluding carboxylic acids is 1. The van der Waals surface area contributed by atoms with Crippen molar-refractivity contribution < 1.29 is 14.6 Å². The van der Waals surface area contributed by atoms with Crippen LogP contribution < -0.4 is 10.1 Å². The highest BCUT2D eigenvalue weighted by atomic mass is 35.5. The van der Waals surface area contributed by atoms with Crippen molar-refractivity contribution in [1.29, 1.82) is 0 Å². The molecule has 0 heterocycles. The van der Waals surface area contributed by atoms with Gasteiger partial charge in [0.1, 0.15) is 18.5 Å². The minimum Gasteiger partial charge on any atom is -0.491 e. The number of hydrogen-bond donors (Lipinski definition) is 2. The highest BCUT2D eigenvalue weighted by Crippen LogP contribution is 2.21. The number of para-hydroxylation sites is 1. The van der Waals surface area contributed by atoms with E-state index in [2.05, 4.69) is 26.1 Å². The number of nitrogens with one attached hydrogen (secondary N) is 1. The van der Waals surface area contributed by atoms with Crippen LogP contribution >= 0.6 is 12.4 Å². The number of halogens is 1. The van der Waals surface area contributed by atoms with Crippen molar-refractivity contribution in [3.05, 3.63) is 65.2 Å². The number of carbonyl (C=O) groups is 1. The molecule has 0 saturated heterocycles. The zero-order valence-corrected chi connectivity index (χ0v) is 18.7. The summed E-state index contributed by atoms with van der Waals surface area (Å²) in [6.07, 6.45) is 1.43. The number of aliphatic hydroxyl groups is 1. The first kappa shape index (κ1) is 25.2.